The van der Waals surface area contributed by atoms with Gasteiger partial charge in [0.15, 0.2) is 16.6 Å². The maximum atomic E-state index is 6.71. The van der Waals surface area contributed by atoms with Gasteiger partial charge in [0.05, 0.1) is 5.60 Å². The quantitative estimate of drug-likeness (QED) is 0.301. The molecule has 0 N–H and O–H groups in total. The topological polar surface area (TPSA) is 18.5 Å². The number of hydrogen-bond donors (Lipinski definition) is 0. The van der Waals surface area contributed by atoms with Crippen molar-refractivity contribution in [2.24, 2.45) is 29.1 Å². The zero-order valence-electron chi connectivity index (χ0n) is 20.8. The minimum atomic E-state index is -1.51. The van der Waals surface area contributed by atoms with E-state index in [1.165, 1.54) is 44.9 Å². The van der Waals surface area contributed by atoms with Gasteiger partial charge in [-0.3, -0.25) is 0 Å². The van der Waals surface area contributed by atoms with E-state index in [9.17, 15) is 0 Å². The fourth-order valence-electron chi connectivity index (χ4n) is 7.27. The molecule has 168 valence electrons. The summed E-state index contributed by atoms with van der Waals surface area (Å²) in [5, 5.41) is 0. The third-order valence-corrected chi connectivity index (χ3v) is 10.0. The number of rotatable bonds is 7. The molecule has 0 spiro atoms. The Bertz CT molecular complexity index is 605. The van der Waals surface area contributed by atoms with Crippen LogP contribution in [0.1, 0.15) is 65.7 Å². The highest BCUT2D eigenvalue weighted by Crippen LogP contribution is 2.59. The zero-order chi connectivity index (χ0) is 21.7. The molecule has 0 heterocycles. The van der Waals surface area contributed by atoms with Crippen LogP contribution < -0.4 is 0 Å². The Morgan fingerprint density at radius 1 is 1.00 bits per heavy atom. The fraction of sp³-hybridized carbons (Fsp3) is 0.920. The third kappa shape index (κ3) is 5.67. The molecule has 0 aromatic rings. The van der Waals surface area contributed by atoms with E-state index in [2.05, 4.69) is 72.2 Å². The second-order valence-corrected chi connectivity index (χ2v) is 21.9. The summed E-state index contributed by atoms with van der Waals surface area (Å²) in [7, 11) is -2.99. The summed E-state index contributed by atoms with van der Waals surface area (Å²) in [6, 6.07) is 0. The molecule has 0 amide bonds. The average Bonchev–Trinajstić information content (AvgIpc) is 3.04. The lowest BCUT2D eigenvalue weighted by molar-refractivity contribution is -0.0199. The van der Waals surface area contributed by atoms with Crippen molar-refractivity contribution in [2.75, 3.05) is 0 Å². The van der Waals surface area contributed by atoms with Gasteiger partial charge in [0.2, 0.25) is 0 Å². The largest absolute Gasteiger partial charge is 0.414 e. The minimum absolute atomic E-state index is 0.0297. The van der Waals surface area contributed by atoms with Crippen molar-refractivity contribution in [3.8, 4) is 0 Å². The predicted molar refractivity (Wildman–Crippen MR) is 130 cm³/mol. The SMILES string of the molecule is C[C@H](C[C@@H]1C=C[C@@](C)(O[Si](C)(C)C)C1)[C@H]1CCC2C(O[Si](C)(C)C)CCC[C@]21C. The summed E-state index contributed by atoms with van der Waals surface area (Å²) in [5.41, 5.74) is 0.459. The highest BCUT2D eigenvalue weighted by molar-refractivity contribution is 6.70. The van der Waals surface area contributed by atoms with Gasteiger partial charge in [-0.1, -0.05) is 32.4 Å². The van der Waals surface area contributed by atoms with Gasteiger partial charge in [0, 0.05) is 6.10 Å². The average molecular weight is 437 g/mol. The van der Waals surface area contributed by atoms with E-state index in [1.54, 1.807) is 0 Å². The lowest BCUT2D eigenvalue weighted by Gasteiger charge is -2.48. The normalized spacial score (nSPS) is 41.6. The highest BCUT2D eigenvalue weighted by Gasteiger charge is 2.53. The van der Waals surface area contributed by atoms with E-state index in [0.717, 1.165) is 17.8 Å². The second kappa shape index (κ2) is 8.22. The second-order valence-electron chi connectivity index (χ2n) is 13.0. The standard InChI is InChI=1S/C25H48O2Si2/c1-19(17-20-14-16-24(2,18-20)27-29(7,8)9)21-12-13-22-23(26-28(4,5)6)11-10-15-25(21,22)3/h14,16,19-23H,10-13,15,17-18H2,1-9H3/t19-,20+,21-,22?,23?,24-,25+/m1/s1. The van der Waals surface area contributed by atoms with Crippen LogP contribution in [-0.2, 0) is 8.85 Å². The van der Waals surface area contributed by atoms with Gasteiger partial charge in [0.25, 0.3) is 0 Å². The Balaban J connectivity index is 1.62. The monoisotopic (exact) mass is 436 g/mol. The van der Waals surface area contributed by atoms with Crippen LogP contribution in [0.25, 0.3) is 0 Å². The van der Waals surface area contributed by atoms with E-state index >= 15 is 0 Å². The van der Waals surface area contributed by atoms with Gasteiger partial charge in [-0.2, -0.15) is 0 Å². The molecule has 0 radical (unpaired) electrons. The summed E-state index contributed by atoms with van der Waals surface area (Å²) >= 11 is 0. The number of fused-ring (bicyclic) bond motifs is 1. The third-order valence-electron chi connectivity index (χ3n) is 7.93. The van der Waals surface area contributed by atoms with Crippen molar-refractivity contribution < 1.29 is 8.85 Å². The van der Waals surface area contributed by atoms with Crippen molar-refractivity contribution in [3.05, 3.63) is 12.2 Å². The van der Waals surface area contributed by atoms with E-state index in [-0.39, 0.29) is 5.60 Å². The Morgan fingerprint density at radius 2 is 1.69 bits per heavy atom. The van der Waals surface area contributed by atoms with Crippen LogP contribution in [0, 0.1) is 29.1 Å². The molecule has 0 aromatic heterocycles. The first-order valence-electron chi connectivity index (χ1n) is 12.3. The molecule has 29 heavy (non-hydrogen) atoms. The van der Waals surface area contributed by atoms with Gasteiger partial charge in [0.1, 0.15) is 0 Å². The first kappa shape index (κ1) is 23.8. The van der Waals surface area contributed by atoms with Crippen LogP contribution in [0.3, 0.4) is 0 Å². The molecule has 3 rings (SSSR count). The summed E-state index contributed by atoms with van der Waals surface area (Å²) in [4.78, 5) is 0. The van der Waals surface area contributed by atoms with Crippen molar-refractivity contribution in [1.29, 1.82) is 0 Å². The van der Waals surface area contributed by atoms with Gasteiger partial charge < -0.3 is 8.85 Å². The lowest BCUT2D eigenvalue weighted by Crippen LogP contribution is -2.46. The van der Waals surface area contributed by atoms with Crippen LogP contribution in [0.2, 0.25) is 39.3 Å². The molecule has 2 saturated carbocycles. The van der Waals surface area contributed by atoms with Crippen molar-refractivity contribution in [2.45, 2.75) is 117 Å². The number of hydrogen-bond acceptors (Lipinski definition) is 2. The molecule has 2 nitrogen and oxygen atoms in total. The van der Waals surface area contributed by atoms with E-state index < -0.39 is 16.6 Å². The van der Waals surface area contributed by atoms with Crippen LogP contribution in [0.5, 0.6) is 0 Å². The smallest absolute Gasteiger partial charge is 0.184 e. The Kier molecular flexibility index (Phi) is 6.73. The summed E-state index contributed by atoms with van der Waals surface area (Å²) < 4.78 is 13.2. The molecule has 0 bridgehead atoms. The maximum Gasteiger partial charge on any atom is 0.184 e. The van der Waals surface area contributed by atoms with Crippen molar-refractivity contribution in [1.82, 2.24) is 0 Å². The van der Waals surface area contributed by atoms with Gasteiger partial charge in [-0.25, -0.2) is 0 Å². The van der Waals surface area contributed by atoms with E-state index in [4.69, 9.17) is 8.85 Å². The fourth-order valence-corrected chi connectivity index (χ4v) is 10.0. The van der Waals surface area contributed by atoms with Crippen LogP contribution in [-0.4, -0.2) is 28.3 Å². The molecule has 2 fully saturated rings. The van der Waals surface area contributed by atoms with Gasteiger partial charge in [-0.05, 0) is 114 Å². The van der Waals surface area contributed by atoms with Crippen LogP contribution >= 0.6 is 0 Å². The Hall–Kier alpha value is 0.0938. The molecule has 3 aliphatic rings. The molecular weight excluding hydrogens is 388 g/mol. The first-order chi connectivity index (χ1) is 13.2. The molecule has 4 heteroatoms. The van der Waals surface area contributed by atoms with Crippen molar-refractivity contribution >= 4 is 16.6 Å². The summed E-state index contributed by atoms with van der Waals surface area (Å²) in [6.45, 7) is 21.5. The van der Waals surface area contributed by atoms with E-state index in [1.807, 2.05) is 0 Å². The maximum absolute atomic E-state index is 6.71. The highest BCUT2D eigenvalue weighted by atomic mass is 28.4. The van der Waals surface area contributed by atoms with Crippen LogP contribution in [0.4, 0.5) is 0 Å². The first-order valence-corrected chi connectivity index (χ1v) is 19.1. The number of allylic oxidation sites excluding steroid dienone is 1. The molecule has 3 aliphatic carbocycles. The zero-order valence-corrected chi connectivity index (χ0v) is 22.8. The van der Waals surface area contributed by atoms with Crippen LogP contribution in [0.15, 0.2) is 12.2 Å². The molecular formula is C25H48O2Si2. The molecule has 0 aromatic carbocycles. The van der Waals surface area contributed by atoms with Gasteiger partial charge >= 0.3 is 0 Å². The van der Waals surface area contributed by atoms with Gasteiger partial charge in [-0.15, -0.1) is 0 Å². The minimum Gasteiger partial charge on any atom is -0.414 e. The molecule has 2 unspecified atom stereocenters. The molecule has 0 saturated heterocycles. The van der Waals surface area contributed by atoms with E-state index in [0.29, 0.717) is 17.4 Å². The Morgan fingerprint density at radius 3 is 2.31 bits per heavy atom. The molecule has 7 atom stereocenters. The summed E-state index contributed by atoms with van der Waals surface area (Å²) in [5.74, 6) is 3.12. The molecule has 0 aliphatic heterocycles. The lowest BCUT2D eigenvalue weighted by atomic mass is 9.61. The Labute approximate surface area is 183 Å². The van der Waals surface area contributed by atoms with Crippen molar-refractivity contribution in [3.63, 3.8) is 0 Å². The predicted octanol–water partition coefficient (Wildman–Crippen LogP) is 7.64. The summed E-state index contributed by atoms with van der Waals surface area (Å²) in [6.07, 6.45) is 14.7.